The van der Waals surface area contributed by atoms with Crippen LogP contribution in [0.1, 0.15) is 22.3 Å². The molecule has 20 heavy (non-hydrogen) atoms. The van der Waals surface area contributed by atoms with Gasteiger partial charge in [-0.15, -0.1) is 0 Å². The molecule has 0 unspecified atom stereocenters. The van der Waals surface area contributed by atoms with E-state index in [0.29, 0.717) is 24.2 Å². The standard InChI is InChI=1S/C13H18N4O3/c1-15(2)4-3-5-16-8-9-6-12(17(19)20)11(14)7-10(9)13(16)18/h6-7H,3-5,8,14H2,1-2H3. The van der Waals surface area contributed by atoms with Gasteiger partial charge in [0.2, 0.25) is 0 Å². The molecule has 2 rings (SSSR count). The first kappa shape index (κ1) is 14.3. The van der Waals surface area contributed by atoms with E-state index >= 15 is 0 Å². The van der Waals surface area contributed by atoms with Crippen LogP contribution in [0, 0.1) is 10.1 Å². The van der Waals surface area contributed by atoms with Gasteiger partial charge in [-0.05, 0) is 38.7 Å². The van der Waals surface area contributed by atoms with E-state index in [0.717, 1.165) is 13.0 Å². The lowest BCUT2D eigenvalue weighted by Gasteiger charge is -2.17. The van der Waals surface area contributed by atoms with Gasteiger partial charge in [0.15, 0.2) is 0 Å². The molecule has 1 heterocycles. The number of rotatable bonds is 5. The third-order valence-electron chi connectivity index (χ3n) is 3.36. The van der Waals surface area contributed by atoms with E-state index < -0.39 is 4.92 Å². The zero-order chi connectivity index (χ0) is 14.9. The third-order valence-corrected chi connectivity index (χ3v) is 3.36. The maximum Gasteiger partial charge on any atom is 0.292 e. The molecular weight excluding hydrogens is 260 g/mol. The summed E-state index contributed by atoms with van der Waals surface area (Å²) in [6, 6.07) is 2.83. The van der Waals surface area contributed by atoms with Crippen LogP contribution in [0.25, 0.3) is 0 Å². The number of nitrogens with two attached hydrogens (primary N) is 1. The number of fused-ring (bicyclic) bond motifs is 1. The Morgan fingerprint density at radius 2 is 2.15 bits per heavy atom. The SMILES string of the molecule is CN(C)CCCN1Cc2cc([N+](=O)[O-])c(N)cc2C1=O. The molecule has 2 N–H and O–H groups in total. The Kier molecular flexibility index (Phi) is 3.89. The highest BCUT2D eigenvalue weighted by Gasteiger charge is 2.30. The fourth-order valence-electron chi connectivity index (χ4n) is 2.34. The lowest BCUT2D eigenvalue weighted by atomic mass is 10.1. The monoisotopic (exact) mass is 278 g/mol. The molecule has 0 aromatic heterocycles. The largest absolute Gasteiger partial charge is 0.393 e. The molecule has 0 fully saturated rings. The number of nitrogens with zero attached hydrogens (tertiary/aromatic N) is 3. The number of nitro groups is 1. The van der Waals surface area contributed by atoms with Gasteiger partial charge in [-0.25, -0.2) is 0 Å². The molecule has 0 spiro atoms. The Bertz CT molecular complexity index is 557. The van der Waals surface area contributed by atoms with E-state index in [2.05, 4.69) is 4.90 Å². The number of nitrogen functional groups attached to an aromatic ring is 1. The van der Waals surface area contributed by atoms with Gasteiger partial charge in [0.1, 0.15) is 5.69 Å². The maximum atomic E-state index is 12.2. The van der Waals surface area contributed by atoms with E-state index in [1.54, 1.807) is 4.90 Å². The number of anilines is 1. The summed E-state index contributed by atoms with van der Waals surface area (Å²) in [6.07, 6.45) is 0.865. The van der Waals surface area contributed by atoms with Crippen LogP contribution >= 0.6 is 0 Å². The number of carbonyl (C=O) groups is 1. The Labute approximate surface area is 117 Å². The highest BCUT2D eigenvalue weighted by molar-refractivity contribution is 6.00. The van der Waals surface area contributed by atoms with Crippen LogP contribution in [0.3, 0.4) is 0 Å². The first-order valence-electron chi connectivity index (χ1n) is 6.41. The number of amides is 1. The number of benzene rings is 1. The van der Waals surface area contributed by atoms with E-state index in [1.165, 1.54) is 12.1 Å². The number of hydrogen-bond acceptors (Lipinski definition) is 5. The summed E-state index contributed by atoms with van der Waals surface area (Å²) in [6.45, 7) is 1.95. The van der Waals surface area contributed by atoms with E-state index in [-0.39, 0.29) is 17.3 Å². The van der Waals surface area contributed by atoms with Crippen molar-refractivity contribution in [3.05, 3.63) is 33.4 Å². The maximum absolute atomic E-state index is 12.2. The number of carbonyl (C=O) groups excluding carboxylic acids is 1. The molecule has 1 aliphatic heterocycles. The topological polar surface area (TPSA) is 92.7 Å². The van der Waals surface area contributed by atoms with Gasteiger partial charge in [-0.1, -0.05) is 0 Å². The molecule has 1 aromatic rings. The van der Waals surface area contributed by atoms with Crippen molar-refractivity contribution >= 4 is 17.3 Å². The van der Waals surface area contributed by atoms with Crippen molar-refractivity contribution < 1.29 is 9.72 Å². The van der Waals surface area contributed by atoms with E-state index in [1.807, 2.05) is 14.1 Å². The Morgan fingerprint density at radius 1 is 1.45 bits per heavy atom. The van der Waals surface area contributed by atoms with Gasteiger partial charge in [-0.2, -0.15) is 0 Å². The summed E-state index contributed by atoms with van der Waals surface area (Å²) in [7, 11) is 3.95. The van der Waals surface area contributed by atoms with E-state index in [4.69, 9.17) is 5.73 Å². The third kappa shape index (κ3) is 2.72. The fraction of sp³-hybridized carbons (Fsp3) is 0.462. The molecule has 7 nitrogen and oxygen atoms in total. The molecule has 1 aliphatic rings. The smallest absolute Gasteiger partial charge is 0.292 e. The molecule has 108 valence electrons. The summed E-state index contributed by atoms with van der Waals surface area (Å²) in [5.41, 5.74) is 6.69. The summed E-state index contributed by atoms with van der Waals surface area (Å²) < 4.78 is 0. The summed E-state index contributed by atoms with van der Waals surface area (Å²) in [5.74, 6) is -0.0969. The van der Waals surface area contributed by atoms with Crippen molar-refractivity contribution in [2.45, 2.75) is 13.0 Å². The van der Waals surface area contributed by atoms with Crippen LogP contribution in [0.15, 0.2) is 12.1 Å². The van der Waals surface area contributed by atoms with Crippen LogP contribution in [-0.4, -0.2) is 47.8 Å². The minimum Gasteiger partial charge on any atom is -0.393 e. The molecule has 0 saturated carbocycles. The quantitative estimate of drug-likeness (QED) is 0.494. The molecule has 0 aliphatic carbocycles. The first-order chi connectivity index (χ1) is 9.40. The molecule has 1 aromatic carbocycles. The van der Waals surface area contributed by atoms with Gasteiger partial charge in [-0.3, -0.25) is 14.9 Å². The summed E-state index contributed by atoms with van der Waals surface area (Å²) in [4.78, 5) is 26.3. The highest BCUT2D eigenvalue weighted by atomic mass is 16.6. The Hall–Kier alpha value is -2.15. The second kappa shape index (κ2) is 5.46. The van der Waals surface area contributed by atoms with Gasteiger partial charge in [0.05, 0.1) is 4.92 Å². The lowest BCUT2D eigenvalue weighted by molar-refractivity contribution is -0.384. The molecule has 1 amide bonds. The van der Waals surface area contributed by atoms with Gasteiger partial charge in [0, 0.05) is 24.7 Å². The zero-order valence-corrected chi connectivity index (χ0v) is 11.6. The van der Waals surface area contributed by atoms with Crippen LogP contribution in [-0.2, 0) is 6.54 Å². The second-order valence-corrected chi connectivity index (χ2v) is 5.21. The number of nitro benzene ring substituents is 1. The van der Waals surface area contributed by atoms with Gasteiger partial charge >= 0.3 is 0 Å². The predicted molar refractivity (Wildman–Crippen MR) is 75.4 cm³/mol. The van der Waals surface area contributed by atoms with Crippen LogP contribution < -0.4 is 5.73 Å². The molecule has 0 saturated heterocycles. The lowest BCUT2D eigenvalue weighted by Crippen LogP contribution is -2.27. The van der Waals surface area contributed by atoms with E-state index in [9.17, 15) is 14.9 Å². The van der Waals surface area contributed by atoms with Crippen molar-refractivity contribution in [2.24, 2.45) is 0 Å². The first-order valence-corrected chi connectivity index (χ1v) is 6.41. The van der Waals surface area contributed by atoms with Gasteiger partial charge < -0.3 is 15.5 Å². The van der Waals surface area contributed by atoms with Gasteiger partial charge in [0.25, 0.3) is 11.6 Å². The fourth-order valence-corrected chi connectivity index (χ4v) is 2.34. The predicted octanol–water partition coefficient (Wildman–Crippen LogP) is 1.08. The summed E-state index contributed by atoms with van der Waals surface area (Å²) >= 11 is 0. The Morgan fingerprint density at radius 3 is 2.75 bits per heavy atom. The van der Waals surface area contributed by atoms with Crippen LogP contribution in [0.4, 0.5) is 11.4 Å². The summed E-state index contributed by atoms with van der Waals surface area (Å²) in [5, 5.41) is 10.9. The van der Waals surface area contributed by atoms with Crippen molar-refractivity contribution in [1.82, 2.24) is 9.80 Å². The minimum absolute atomic E-state index is 0.0391. The average Bonchev–Trinajstić information content (AvgIpc) is 2.65. The van der Waals surface area contributed by atoms with Crippen LogP contribution in [0.5, 0.6) is 0 Å². The molecule has 0 radical (unpaired) electrons. The average molecular weight is 278 g/mol. The molecular formula is C13H18N4O3. The Balaban J connectivity index is 2.14. The van der Waals surface area contributed by atoms with Crippen molar-refractivity contribution in [2.75, 3.05) is 32.9 Å². The van der Waals surface area contributed by atoms with Crippen molar-refractivity contribution in [3.63, 3.8) is 0 Å². The zero-order valence-electron chi connectivity index (χ0n) is 11.6. The normalized spacial score (nSPS) is 13.9. The van der Waals surface area contributed by atoms with Crippen molar-refractivity contribution in [1.29, 1.82) is 0 Å². The van der Waals surface area contributed by atoms with Crippen molar-refractivity contribution in [3.8, 4) is 0 Å². The molecule has 7 heteroatoms. The molecule has 0 bridgehead atoms. The van der Waals surface area contributed by atoms with Crippen LogP contribution in [0.2, 0.25) is 0 Å². The molecule has 0 atom stereocenters. The highest BCUT2D eigenvalue weighted by Crippen LogP contribution is 2.31. The minimum atomic E-state index is -0.519. The number of hydrogen-bond donors (Lipinski definition) is 1. The second-order valence-electron chi connectivity index (χ2n) is 5.21.